The minimum absolute atomic E-state index is 0.0958. The Kier molecular flexibility index (Phi) is 4.81. The number of carbonyl (C=O) groups is 1. The van der Waals surface area contributed by atoms with Crippen molar-refractivity contribution < 1.29 is 18.0 Å². The van der Waals surface area contributed by atoms with E-state index in [9.17, 15) is 18.0 Å². The zero-order valence-corrected chi connectivity index (χ0v) is 11.2. The monoisotopic (exact) mass is 285 g/mol. The molecule has 1 N–H and O–H groups in total. The first kappa shape index (κ1) is 15.0. The van der Waals surface area contributed by atoms with Gasteiger partial charge in [0, 0.05) is 12.8 Å². The van der Waals surface area contributed by atoms with Crippen LogP contribution in [0.4, 0.5) is 13.2 Å². The fraction of sp³-hybridized carbons (Fsp3) is 0.533. The van der Waals surface area contributed by atoms with Gasteiger partial charge in [0.2, 0.25) is 0 Å². The molecule has 1 aromatic rings. The van der Waals surface area contributed by atoms with Crippen LogP contribution in [0.3, 0.4) is 0 Å². The zero-order chi connectivity index (χ0) is 14.6. The first-order valence-corrected chi connectivity index (χ1v) is 6.83. The largest absolute Gasteiger partial charge is 0.416 e. The summed E-state index contributed by atoms with van der Waals surface area (Å²) in [6.07, 6.45) is -1.47. The van der Waals surface area contributed by atoms with Crippen molar-refractivity contribution in [1.29, 1.82) is 0 Å². The number of piperidine rings is 1. The third-order valence-corrected chi connectivity index (χ3v) is 3.60. The van der Waals surface area contributed by atoms with Gasteiger partial charge in [0.05, 0.1) is 5.56 Å². The summed E-state index contributed by atoms with van der Waals surface area (Å²) in [5.74, 6) is 0.462. The molecule has 1 aromatic carbocycles. The van der Waals surface area contributed by atoms with Crippen LogP contribution in [0, 0.1) is 5.92 Å². The molecule has 1 unspecified atom stereocenters. The van der Waals surface area contributed by atoms with Gasteiger partial charge in [-0.2, -0.15) is 13.2 Å². The van der Waals surface area contributed by atoms with Gasteiger partial charge in [0.1, 0.15) is 5.78 Å². The molecule has 0 saturated carbocycles. The molecular weight excluding hydrogens is 267 g/mol. The smallest absolute Gasteiger partial charge is 0.316 e. The van der Waals surface area contributed by atoms with Crippen molar-refractivity contribution in [3.8, 4) is 0 Å². The highest BCUT2D eigenvalue weighted by Crippen LogP contribution is 2.29. The van der Waals surface area contributed by atoms with E-state index in [4.69, 9.17) is 0 Å². The number of Topliss-reactive ketones (excluding diaryl/α,β-unsaturated/α-hetero) is 1. The standard InChI is InChI=1S/C15H18F3NO/c16-15(17,18)13-5-3-11(4-6-13)8-14(20)9-12-2-1-7-19-10-12/h3-6,12,19H,1-2,7-10H2. The highest BCUT2D eigenvalue weighted by atomic mass is 19.4. The maximum Gasteiger partial charge on any atom is 0.416 e. The number of hydrogen-bond donors (Lipinski definition) is 1. The number of hydrogen-bond acceptors (Lipinski definition) is 2. The van der Waals surface area contributed by atoms with Crippen LogP contribution in [0.25, 0.3) is 0 Å². The molecule has 1 saturated heterocycles. The summed E-state index contributed by atoms with van der Waals surface area (Å²) in [5.41, 5.74) is -0.0306. The van der Waals surface area contributed by atoms with Crippen molar-refractivity contribution in [1.82, 2.24) is 5.32 Å². The van der Waals surface area contributed by atoms with Gasteiger partial charge >= 0.3 is 6.18 Å². The molecule has 20 heavy (non-hydrogen) atoms. The summed E-state index contributed by atoms with van der Waals surface area (Å²) < 4.78 is 37.3. The Morgan fingerprint density at radius 3 is 2.50 bits per heavy atom. The van der Waals surface area contributed by atoms with Crippen LogP contribution in [0.2, 0.25) is 0 Å². The molecule has 0 radical (unpaired) electrons. The zero-order valence-electron chi connectivity index (χ0n) is 11.2. The van der Waals surface area contributed by atoms with E-state index in [2.05, 4.69) is 5.32 Å². The number of benzene rings is 1. The second-order valence-electron chi connectivity index (χ2n) is 5.33. The van der Waals surface area contributed by atoms with Crippen molar-refractivity contribution >= 4 is 5.78 Å². The second-order valence-corrected chi connectivity index (χ2v) is 5.33. The van der Waals surface area contributed by atoms with E-state index < -0.39 is 11.7 Å². The van der Waals surface area contributed by atoms with Crippen LogP contribution in [-0.4, -0.2) is 18.9 Å². The van der Waals surface area contributed by atoms with Gasteiger partial charge in [-0.3, -0.25) is 4.79 Å². The quantitative estimate of drug-likeness (QED) is 0.920. The Labute approximate surface area is 116 Å². The highest BCUT2D eigenvalue weighted by molar-refractivity contribution is 5.81. The lowest BCUT2D eigenvalue weighted by atomic mass is 9.92. The number of ketones is 1. The molecule has 0 bridgehead atoms. The molecule has 2 nitrogen and oxygen atoms in total. The molecule has 0 aromatic heterocycles. The van der Waals surface area contributed by atoms with Crippen molar-refractivity contribution in [3.63, 3.8) is 0 Å². The van der Waals surface area contributed by atoms with Gasteiger partial charge < -0.3 is 5.32 Å². The van der Waals surface area contributed by atoms with E-state index in [1.54, 1.807) is 0 Å². The minimum Gasteiger partial charge on any atom is -0.316 e. The second kappa shape index (κ2) is 6.39. The average molecular weight is 285 g/mol. The maximum absolute atomic E-state index is 12.4. The van der Waals surface area contributed by atoms with Gasteiger partial charge in [-0.1, -0.05) is 12.1 Å². The summed E-state index contributed by atoms with van der Waals surface area (Å²) >= 11 is 0. The van der Waals surface area contributed by atoms with Crippen LogP contribution in [0.15, 0.2) is 24.3 Å². The van der Waals surface area contributed by atoms with E-state index >= 15 is 0 Å². The fourth-order valence-electron chi connectivity index (χ4n) is 2.53. The van der Waals surface area contributed by atoms with E-state index in [1.165, 1.54) is 12.1 Å². The molecule has 0 amide bonds. The number of alkyl halides is 3. The SMILES string of the molecule is O=C(Cc1ccc(C(F)(F)F)cc1)CC1CCCNC1. The average Bonchev–Trinajstić information content (AvgIpc) is 2.39. The lowest BCUT2D eigenvalue weighted by Crippen LogP contribution is -2.31. The van der Waals surface area contributed by atoms with Crippen molar-refractivity contribution in [2.45, 2.75) is 31.9 Å². The van der Waals surface area contributed by atoms with Gasteiger partial charge in [-0.05, 0) is 49.5 Å². The topological polar surface area (TPSA) is 29.1 Å². The summed E-state index contributed by atoms with van der Waals surface area (Å²) in [5, 5.41) is 3.25. The molecule has 0 aliphatic carbocycles. The van der Waals surface area contributed by atoms with Crippen molar-refractivity contribution in [3.05, 3.63) is 35.4 Å². The number of carbonyl (C=O) groups excluding carboxylic acids is 1. The molecular formula is C15H18F3NO. The first-order valence-electron chi connectivity index (χ1n) is 6.83. The Hall–Kier alpha value is -1.36. The maximum atomic E-state index is 12.4. The van der Waals surface area contributed by atoms with Gasteiger partial charge in [-0.15, -0.1) is 0 Å². The lowest BCUT2D eigenvalue weighted by Gasteiger charge is -2.21. The van der Waals surface area contributed by atoms with Crippen LogP contribution >= 0.6 is 0 Å². The van der Waals surface area contributed by atoms with Crippen molar-refractivity contribution in [2.24, 2.45) is 5.92 Å². The number of rotatable bonds is 4. The molecule has 5 heteroatoms. The van der Waals surface area contributed by atoms with Crippen molar-refractivity contribution in [2.75, 3.05) is 13.1 Å². The van der Waals surface area contributed by atoms with Crippen LogP contribution in [0.5, 0.6) is 0 Å². The van der Waals surface area contributed by atoms with E-state index in [0.717, 1.165) is 38.1 Å². The fourth-order valence-corrected chi connectivity index (χ4v) is 2.53. The number of nitrogens with one attached hydrogen (secondary N) is 1. The van der Waals surface area contributed by atoms with Gasteiger partial charge in [-0.25, -0.2) is 0 Å². The van der Waals surface area contributed by atoms with Crippen LogP contribution in [0.1, 0.15) is 30.4 Å². The van der Waals surface area contributed by atoms with E-state index in [0.29, 0.717) is 17.9 Å². The van der Waals surface area contributed by atoms with E-state index in [-0.39, 0.29) is 12.2 Å². The predicted octanol–water partition coefficient (Wildman–Crippen LogP) is 3.21. The molecule has 1 fully saturated rings. The Balaban J connectivity index is 1.87. The molecule has 2 rings (SSSR count). The molecule has 0 spiro atoms. The third-order valence-electron chi connectivity index (χ3n) is 3.60. The predicted molar refractivity (Wildman–Crippen MR) is 70.4 cm³/mol. The summed E-state index contributed by atoms with van der Waals surface area (Å²) in [6, 6.07) is 4.84. The highest BCUT2D eigenvalue weighted by Gasteiger charge is 2.30. The Morgan fingerprint density at radius 2 is 1.95 bits per heavy atom. The minimum atomic E-state index is -4.32. The Bertz CT molecular complexity index is 447. The summed E-state index contributed by atoms with van der Waals surface area (Å²) in [6.45, 7) is 1.86. The lowest BCUT2D eigenvalue weighted by molar-refractivity contribution is -0.137. The molecule has 110 valence electrons. The van der Waals surface area contributed by atoms with Gasteiger partial charge in [0.25, 0.3) is 0 Å². The third kappa shape index (κ3) is 4.34. The normalized spacial score (nSPS) is 19.9. The van der Waals surface area contributed by atoms with Crippen LogP contribution in [-0.2, 0) is 17.4 Å². The Morgan fingerprint density at radius 1 is 1.25 bits per heavy atom. The summed E-state index contributed by atoms with van der Waals surface area (Å²) in [7, 11) is 0. The summed E-state index contributed by atoms with van der Waals surface area (Å²) in [4.78, 5) is 11.9. The number of halogens is 3. The molecule has 1 aliphatic heterocycles. The van der Waals surface area contributed by atoms with Gasteiger partial charge in [0.15, 0.2) is 0 Å². The first-order chi connectivity index (χ1) is 9.45. The van der Waals surface area contributed by atoms with Crippen LogP contribution < -0.4 is 5.32 Å². The molecule has 1 heterocycles. The molecule has 1 aliphatic rings. The van der Waals surface area contributed by atoms with E-state index in [1.807, 2.05) is 0 Å². The molecule has 1 atom stereocenters.